The van der Waals surface area contributed by atoms with Gasteiger partial charge < -0.3 is 4.74 Å². The van der Waals surface area contributed by atoms with Crippen molar-refractivity contribution in [2.45, 2.75) is 362 Å². The summed E-state index contributed by atoms with van der Waals surface area (Å²) < 4.78 is 6.98. The standard InChI is InChI=1S/C60H118O/c1-5-9-13-17-21-25-29-31-33-37-41-45-49-53-57-59(55-51-47-43-39-35-27-23-19-15-11-7-3)61-60(56-52-48-44-40-36-28-24-20-16-12-8-4)58-54-50-46-42-38-34-32-30-26-22-18-14-10-6-2/h55-56H,5-54,57-58H2,1-4H3. The molecule has 0 aliphatic carbocycles. The highest BCUT2D eigenvalue weighted by Crippen LogP contribution is 2.24. The van der Waals surface area contributed by atoms with Gasteiger partial charge >= 0.3 is 0 Å². The number of hydrogen-bond donors (Lipinski definition) is 0. The topological polar surface area (TPSA) is 9.23 Å². The maximum Gasteiger partial charge on any atom is 0.0996 e. The molecule has 0 unspecified atom stereocenters. The molecule has 61 heavy (non-hydrogen) atoms. The monoisotopic (exact) mass is 855 g/mol. The van der Waals surface area contributed by atoms with Crippen molar-refractivity contribution in [1.29, 1.82) is 0 Å². The first-order chi connectivity index (χ1) is 30.3. The molecule has 0 aliphatic heterocycles. The van der Waals surface area contributed by atoms with Crippen LogP contribution < -0.4 is 0 Å². The van der Waals surface area contributed by atoms with Gasteiger partial charge in [0, 0.05) is 12.8 Å². The van der Waals surface area contributed by atoms with Crippen molar-refractivity contribution < 1.29 is 4.74 Å². The molecule has 0 aliphatic rings. The average molecular weight is 856 g/mol. The Labute approximate surface area is 388 Å². The highest BCUT2D eigenvalue weighted by molar-refractivity contribution is 5.03. The minimum atomic E-state index is 1.14. The van der Waals surface area contributed by atoms with Crippen molar-refractivity contribution in [2.24, 2.45) is 0 Å². The smallest absolute Gasteiger partial charge is 0.0996 e. The lowest BCUT2D eigenvalue weighted by Gasteiger charge is -2.15. The zero-order valence-electron chi connectivity index (χ0n) is 43.3. The molecule has 0 amide bonds. The summed E-state index contributed by atoms with van der Waals surface area (Å²) in [6, 6.07) is 0. The second kappa shape index (κ2) is 55.4. The zero-order valence-corrected chi connectivity index (χ0v) is 43.3. The molecule has 0 bridgehead atoms. The van der Waals surface area contributed by atoms with Gasteiger partial charge in [-0.15, -0.1) is 0 Å². The van der Waals surface area contributed by atoms with E-state index >= 15 is 0 Å². The Hall–Kier alpha value is -0.720. The molecule has 0 saturated heterocycles. The summed E-state index contributed by atoms with van der Waals surface area (Å²) in [4.78, 5) is 0. The normalized spacial score (nSPS) is 12.3. The molecule has 0 rings (SSSR count). The molecule has 0 heterocycles. The van der Waals surface area contributed by atoms with Crippen molar-refractivity contribution >= 4 is 0 Å². The molecule has 364 valence electrons. The summed E-state index contributed by atoms with van der Waals surface area (Å²) >= 11 is 0. The maximum absolute atomic E-state index is 6.98. The molecule has 0 fully saturated rings. The Kier molecular flexibility index (Phi) is 54.8. The Balaban J connectivity index is 4.92. The summed E-state index contributed by atoms with van der Waals surface area (Å²) in [6.45, 7) is 9.28. The Bertz CT molecular complexity index is 770. The Morgan fingerprint density at radius 1 is 0.213 bits per heavy atom. The van der Waals surface area contributed by atoms with Crippen LogP contribution in [0.2, 0.25) is 0 Å². The lowest BCUT2D eigenvalue weighted by molar-refractivity contribution is 0.266. The van der Waals surface area contributed by atoms with Crippen molar-refractivity contribution in [2.75, 3.05) is 0 Å². The van der Waals surface area contributed by atoms with E-state index < -0.39 is 0 Å². The van der Waals surface area contributed by atoms with Crippen LogP contribution in [-0.2, 0) is 4.74 Å². The van der Waals surface area contributed by atoms with Crippen LogP contribution in [0.5, 0.6) is 0 Å². The number of allylic oxidation sites excluding steroid dienone is 4. The first-order valence-corrected chi connectivity index (χ1v) is 29.3. The van der Waals surface area contributed by atoms with Gasteiger partial charge in [-0.1, -0.05) is 310 Å². The summed E-state index contributed by atoms with van der Waals surface area (Å²) in [6.07, 6.45) is 77.9. The van der Waals surface area contributed by atoms with Crippen LogP contribution in [-0.4, -0.2) is 0 Å². The minimum Gasteiger partial charge on any atom is -0.467 e. The van der Waals surface area contributed by atoms with Gasteiger partial charge in [0.15, 0.2) is 0 Å². The second-order valence-corrected chi connectivity index (χ2v) is 20.1. The van der Waals surface area contributed by atoms with Gasteiger partial charge in [-0.3, -0.25) is 0 Å². The third kappa shape index (κ3) is 51.8. The third-order valence-corrected chi connectivity index (χ3v) is 13.7. The first-order valence-electron chi connectivity index (χ1n) is 29.3. The van der Waals surface area contributed by atoms with Gasteiger partial charge in [0.1, 0.15) is 0 Å². The van der Waals surface area contributed by atoms with Crippen LogP contribution in [0, 0.1) is 0 Å². The van der Waals surface area contributed by atoms with E-state index in [9.17, 15) is 0 Å². The van der Waals surface area contributed by atoms with Gasteiger partial charge in [-0.25, -0.2) is 0 Å². The van der Waals surface area contributed by atoms with Crippen LogP contribution in [0.25, 0.3) is 0 Å². The van der Waals surface area contributed by atoms with Crippen LogP contribution in [0.4, 0.5) is 0 Å². The van der Waals surface area contributed by atoms with Gasteiger partial charge in [-0.05, 0) is 50.7 Å². The van der Waals surface area contributed by atoms with E-state index in [1.54, 1.807) is 0 Å². The van der Waals surface area contributed by atoms with E-state index in [1.165, 1.54) is 333 Å². The van der Waals surface area contributed by atoms with E-state index in [-0.39, 0.29) is 0 Å². The fourth-order valence-electron chi connectivity index (χ4n) is 9.34. The molecule has 0 aromatic heterocycles. The van der Waals surface area contributed by atoms with E-state index in [4.69, 9.17) is 4.74 Å². The minimum absolute atomic E-state index is 1.14. The highest BCUT2D eigenvalue weighted by atomic mass is 16.5. The Morgan fingerprint density at radius 2 is 0.377 bits per heavy atom. The van der Waals surface area contributed by atoms with Crippen LogP contribution in [0.3, 0.4) is 0 Å². The van der Waals surface area contributed by atoms with Gasteiger partial charge in [0.2, 0.25) is 0 Å². The van der Waals surface area contributed by atoms with E-state index in [0.29, 0.717) is 0 Å². The molecule has 0 radical (unpaired) electrons. The molecule has 0 aromatic carbocycles. The zero-order chi connectivity index (χ0) is 44.0. The Morgan fingerprint density at radius 3 is 0.574 bits per heavy atom. The molecule has 1 heteroatoms. The number of unbranched alkanes of at least 4 members (excludes halogenated alkanes) is 46. The van der Waals surface area contributed by atoms with Gasteiger partial charge in [-0.2, -0.15) is 0 Å². The number of ether oxygens (including phenoxy) is 1. The fraction of sp³-hybridized carbons (Fsp3) is 0.933. The fourth-order valence-corrected chi connectivity index (χ4v) is 9.34. The van der Waals surface area contributed by atoms with Crippen molar-refractivity contribution in [3.63, 3.8) is 0 Å². The van der Waals surface area contributed by atoms with Crippen LogP contribution in [0.1, 0.15) is 362 Å². The molecular weight excluding hydrogens is 737 g/mol. The number of hydrogen-bond acceptors (Lipinski definition) is 1. The SMILES string of the molecule is CCCCCCCCCCCCC=C(CCCCCCCCCCCCCCCC)OC(=CCCCCCCCCCCCC)CCCCCCCCCCCCCCCC. The number of rotatable bonds is 54. The summed E-state index contributed by atoms with van der Waals surface area (Å²) in [7, 11) is 0. The maximum atomic E-state index is 6.98. The molecule has 1 nitrogen and oxygen atoms in total. The largest absolute Gasteiger partial charge is 0.467 e. The lowest BCUT2D eigenvalue weighted by Crippen LogP contribution is -1.97. The van der Waals surface area contributed by atoms with Crippen molar-refractivity contribution in [3.8, 4) is 0 Å². The molecule has 0 aromatic rings. The van der Waals surface area contributed by atoms with Crippen molar-refractivity contribution in [3.05, 3.63) is 23.7 Å². The highest BCUT2D eigenvalue weighted by Gasteiger charge is 2.07. The average Bonchev–Trinajstić information content (AvgIpc) is 3.27. The van der Waals surface area contributed by atoms with Gasteiger partial charge in [0.25, 0.3) is 0 Å². The van der Waals surface area contributed by atoms with E-state index in [0.717, 1.165) is 12.8 Å². The predicted octanol–water partition coefficient (Wildman–Crippen LogP) is 23.1. The molecule has 0 spiro atoms. The summed E-state index contributed by atoms with van der Waals surface area (Å²) in [5.74, 6) is 2.63. The van der Waals surface area contributed by atoms with Crippen molar-refractivity contribution in [1.82, 2.24) is 0 Å². The lowest BCUT2D eigenvalue weighted by atomic mass is 10.0. The summed E-state index contributed by atoms with van der Waals surface area (Å²) in [5, 5.41) is 0. The predicted molar refractivity (Wildman–Crippen MR) is 280 cm³/mol. The van der Waals surface area contributed by atoms with Crippen LogP contribution >= 0.6 is 0 Å². The van der Waals surface area contributed by atoms with Gasteiger partial charge in [0.05, 0.1) is 11.5 Å². The molecule has 0 atom stereocenters. The second-order valence-electron chi connectivity index (χ2n) is 20.1. The molecule has 0 saturated carbocycles. The summed E-state index contributed by atoms with van der Waals surface area (Å²) in [5.41, 5.74) is 0. The van der Waals surface area contributed by atoms with E-state index in [2.05, 4.69) is 39.8 Å². The molecular formula is C60H118O. The van der Waals surface area contributed by atoms with E-state index in [1.807, 2.05) is 0 Å². The molecule has 0 N–H and O–H groups in total. The third-order valence-electron chi connectivity index (χ3n) is 13.7. The quantitative estimate of drug-likeness (QED) is 0.0437. The first kappa shape index (κ1) is 60.3. The van der Waals surface area contributed by atoms with Crippen LogP contribution in [0.15, 0.2) is 23.7 Å².